The van der Waals surface area contributed by atoms with Crippen molar-refractivity contribution in [2.45, 2.75) is 12.8 Å². The first-order valence-electron chi connectivity index (χ1n) is 6.63. The quantitative estimate of drug-likeness (QED) is 0.728. The van der Waals surface area contributed by atoms with E-state index >= 15 is 0 Å². The topological polar surface area (TPSA) is 113 Å². The summed E-state index contributed by atoms with van der Waals surface area (Å²) >= 11 is 0. The van der Waals surface area contributed by atoms with Crippen molar-refractivity contribution in [1.82, 2.24) is 4.90 Å². The lowest BCUT2D eigenvalue weighted by atomic mass is 10.1. The molecule has 0 unspecified atom stereocenters. The van der Waals surface area contributed by atoms with E-state index in [1.165, 1.54) is 17.0 Å². The molecular weight excluding hydrogens is 274 g/mol. The number of benzene rings is 1. The molecule has 0 aliphatic heterocycles. The van der Waals surface area contributed by atoms with Crippen molar-refractivity contribution in [3.63, 3.8) is 0 Å². The lowest BCUT2D eigenvalue weighted by Crippen LogP contribution is -2.37. The summed E-state index contributed by atoms with van der Waals surface area (Å²) in [5.74, 6) is -0.949. The average molecular weight is 291 g/mol. The summed E-state index contributed by atoms with van der Waals surface area (Å²) in [5, 5.41) is 11.3. The highest BCUT2D eigenvalue weighted by Crippen LogP contribution is 2.30. The Morgan fingerprint density at radius 1 is 1.24 bits per heavy atom. The molecule has 0 saturated heterocycles. The molecule has 3 amide bonds. The van der Waals surface area contributed by atoms with E-state index in [1.807, 2.05) is 0 Å². The summed E-state index contributed by atoms with van der Waals surface area (Å²) in [4.78, 5) is 35.3. The van der Waals surface area contributed by atoms with E-state index in [2.05, 4.69) is 5.32 Å². The van der Waals surface area contributed by atoms with Crippen molar-refractivity contribution in [3.05, 3.63) is 29.8 Å². The van der Waals surface area contributed by atoms with Gasteiger partial charge in [-0.25, -0.2) is 4.79 Å². The van der Waals surface area contributed by atoms with Crippen molar-refractivity contribution < 1.29 is 19.5 Å². The molecule has 7 nitrogen and oxygen atoms in total. The van der Waals surface area contributed by atoms with Crippen molar-refractivity contribution in [3.8, 4) is 0 Å². The Kier molecular flexibility index (Phi) is 4.42. The third kappa shape index (κ3) is 4.48. The van der Waals surface area contributed by atoms with Gasteiger partial charge in [0.05, 0.1) is 0 Å². The summed E-state index contributed by atoms with van der Waals surface area (Å²) in [7, 11) is 0. The van der Waals surface area contributed by atoms with Crippen molar-refractivity contribution in [1.29, 1.82) is 0 Å². The number of carboxylic acid groups (broad SMARTS) is 1. The molecule has 4 N–H and O–H groups in total. The molecular formula is C14H17N3O4. The molecule has 7 heteroatoms. The van der Waals surface area contributed by atoms with Gasteiger partial charge in [-0.3, -0.25) is 9.59 Å². The van der Waals surface area contributed by atoms with Crippen molar-refractivity contribution in [2.75, 3.05) is 18.4 Å². The molecule has 0 atom stereocenters. The van der Waals surface area contributed by atoms with Gasteiger partial charge in [0, 0.05) is 17.8 Å². The zero-order valence-corrected chi connectivity index (χ0v) is 11.4. The molecule has 0 spiro atoms. The standard InChI is InChI=1S/C14H17N3O4/c15-14(21)16-11-5-3-10(4-6-11)13(20)17(8-12(18)19)7-9-1-2-9/h3-6,9H,1-2,7-8H2,(H,18,19)(H3,15,16,21). The van der Waals surface area contributed by atoms with Gasteiger partial charge in [-0.1, -0.05) is 0 Å². The van der Waals surface area contributed by atoms with Crippen LogP contribution in [0.2, 0.25) is 0 Å². The van der Waals surface area contributed by atoms with Crippen LogP contribution in [0.1, 0.15) is 23.2 Å². The van der Waals surface area contributed by atoms with Crippen molar-refractivity contribution in [2.24, 2.45) is 11.7 Å². The Bertz CT molecular complexity index is 552. The molecule has 1 fully saturated rings. The van der Waals surface area contributed by atoms with Crippen LogP contribution < -0.4 is 11.1 Å². The number of rotatable bonds is 6. The van der Waals surface area contributed by atoms with E-state index in [9.17, 15) is 14.4 Å². The predicted octanol–water partition coefficient (Wildman–Crippen LogP) is 1.11. The molecule has 1 aliphatic rings. The highest BCUT2D eigenvalue weighted by Gasteiger charge is 2.28. The zero-order valence-electron chi connectivity index (χ0n) is 11.4. The normalized spacial score (nSPS) is 13.5. The minimum absolute atomic E-state index is 0.309. The van der Waals surface area contributed by atoms with Crippen LogP contribution in [0, 0.1) is 5.92 Å². The summed E-state index contributed by atoms with van der Waals surface area (Å²) in [6.45, 7) is 0.156. The molecule has 1 aromatic carbocycles. The third-order valence-corrected chi connectivity index (χ3v) is 3.19. The van der Waals surface area contributed by atoms with E-state index in [-0.39, 0.29) is 12.5 Å². The van der Waals surface area contributed by atoms with Gasteiger partial charge >= 0.3 is 12.0 Å². The lowest BCUT2D eigenvalue weighted by molar-refractivity contribution is -0.137. The fourth-order valence-electron chi connectivity index (χ4n) is 2.02. The highest BCUT2D eigenvalue weighted by atomic mass is 16.4. The third-order valence-electron chi connectivity index (χ3n) is 3.19. The van der Waals surface area contributed by atoms with Gasteiger partial charge in [-0.05, 0) is 43.0 Å². The zero-order chi connectivity index (χ0) is 15.4. The van der Waals surface area contributed by atoms with Gasteiger partial charge in [-0.15, -0.1) is 0 Å². The second-order valence-corrected chi connectivity index (χ2v) is 5.09. The number of urea groups is 1. The van der Waals surface area contributed by atoms with E-state index in [1.54, 1.807) is 12.1 Å². The first-order valence-corrected chi connectivity index (χ1v) is 6.63. The number of aliphatic carboxylic acids is 1. The SMILES string of the molecule is NC(=O)Nc1ccc(C(=O)N(CC(=O)O)CC2CC2)cc1. The molecule has 1 aromatic rings. The summed E-state index contributed by atoms with van der Waals surface area (Å²) < 4.78 is 0. The molecule has 0 radical (unpaired) electrons. The van der Waals surface area contributed by atoms with Gasteiger partial charge in [0.1, 0.15) is 6.54 Å². The van der Waals surface area contributed by atoms with Crippen LogP contribution in [0.15, 0.2) is 24.3 Å². The minimum atomic E-state index is -1.03. The number of amides is 3. The van der Waals surface area contributed by atoms with E-state index in [4.69, 9.17) is 10.8 Å². The van der Waals surface area contributed by atoms with Crippen LogP contribution in [0.3, 0.4) is 0 Å². The van der Waals surface area contributed by atoms with Gasteiger partial charge < -0.3 is 21.1 Å². The molecule has 0 bridgehead atoms. The number of carboxylic acids is 1. The molecule has 2 rings (SSSR count). The maximum absolute atomic E-state index is 12.3. The number of anilines is 1. The number of primary amides is 1. The molecule has 1 saturated carbocycles. The number of nitrogens with zero attached hydrogens (tertiary/aromatic N) is 1. The second-order valence-electron chi connectivity index (χ2n) is 5.09. The van der Waals surface area contributed by atoms with Gasteiger partial charge in [0.25, 0.3) is 5.91 Å². The van der Waals surface area contributed by atoms with Crippen LogP contribution in [-0.2, 0) is 4.79 Å². The number of nitrogens with two attached hydrogens (primary N) is 1. The maximum atomic E-state index is 12.3. The average Bonchev–Trinajstić information content (AvgIpc) is 3.21. The fraction of sp³-hybridized carbons (Fsp3) is 0.357. The summed E-state index contributed by atoms with van der Waals surface area (Å²) in [5.41, 5.74) is 5.86. The Morgan fingerprint density at radius 3 is 2.33 bits per heavy atom. The smallest absolute Gasteiger partial charge is 0.323 e. The fourth-order valence-corrected chi connectivity index (χ4v) is 2.02. The number of hydrogen-bond donors (Lipinski definition) is 3. The predicted molar refractivity (Wildman–Crippen MR) is 75.9 cm³/mol. The van der Waals surface area contributed by atoms with Gasteiger partial charge in [0.2, 0.25) is 0 Å². The Labute approximate surface area is 121 Å². The Hall–Kier alpha value is -2.57. The minimum Gasteiger partial charge on any atom is -0.480 e. The van der Waals surface area contributed by atoms with E-state index < -0.39 is 12.0 Å². The van der Waals surface area contributed by atoms with E-state index in [0.29, 0.717) is 23.7 Å². The monoisotopic (exact) mass is 291 g/mol. The van der Waals surface area contributed by atoms with Crippen LogP contribution in [-0.4, -0.2) is 41.0 Å². The molecule has 0 heterocycles. The van der Waals surface area contributed by atoms with Crippen LogP contribution in [0.25, 0.3) is 0 Å². The van der Waals surface area contributed by atoms with Crippen LogP contribution in [0.4, 0.5) is 10.5 Å². The van der Waals surface area contributed by atoms with E-state index in [0.717, 1.165) is 12.8 Å². The number of hydrogen-bond acceptors (Lipinski definition) is 3. The number of carbonyl (C=O) groups excluding carboxylic acids is 2. The highest BCUT2D eigenvalue weighted by molar-refractivity contribution is 5.96. The van der Waals surface area contributed by atoms with Crippen molar-refractivity contribution >= 4 is 23.6 Å². The van der Waals surface area contributed by atoms with Crippen LogP contribution >= 0.6 is 0 Å². The van der Waals surface area contributed by atoms with Crippen LogP contribution in [0.5, 0.6) is 0 Å². The first kappa shape index (κ1) is 14.8. The summed E-state index contributed by atoms with van der Waals surface area (Å²) in [6.07, 6.45) is 2.07. The lowest BCUT2D eigenvalue weighted by Gasteiger charge is -2.20. The largest absolute Gasteiger partial charge is 0.480 e. The molecule has 0 aromatic heterocycles. The summed E-state index contributed by atoms with van der Waals surface area (Å²) in [6, 6.07) is 5.49. The molecule has 21 heavy (non-hydrogen) atoms. The Morgan fingerprint density at radius 2 is 1.86 bits per heavy atom. The number of carbonyl (C=O) groups is 3. The first-order chi connectivity index (χ1) is 9.95. The number of nitrogens with one attached hydrogen (secondary N) is 1. The Balaban J connectivity index is 2.07. The second kappa shape index (κ2) is 6.25. The van der Waals surface area contributed by atoms with Gasteiger partial charge in [0.15, 0.2) is 0 Å². The molecule has 112 valence electrons. The molecule has 1 aliphatic carbocycles. The van der Waals surface area contributed by atoms with Gasteiger partial charge in [-0.2, -0.15) is 0 Å². The maximum Gasteiger partial charge on any atom is 0.323 e.